The minimum atomic E-state index is -0.484. The first-order valence-corrected chi connectivity index (χ1v) is 8.64. The lowest BCUT2D eigenvalue weighted by molar-refractivity contribution is -0.148. The predicted octanol–water partition coefficient (Wildman–Crippen LogP) is 3.47. The summed E-state index contributed by atoms with van der Waals surface area (Å²) in [6, 6.07) is 3.82. The maximum atomic E-state index is 12.0. The smallest absolute Gasteiger partial charge is 0.331 e. The van der Waals surface area contributed by atoms with E-state index in [9.17, 15) is 9.59 Å². The molecule has 0 unspecified atom stereocenters. The molecule has 1 aromatic rings. The van der Waals surface area contributed by atoms with Crippen molar-refractivity contribution in [3.8, 4) is 0 Å². The van der Waals surface area contributed by atoms with Crippen molar-refractivity contribution >= 4 is 45.2 Å². The van der Waals surface area contributed by atoms with Crippen molar-refractivity contribution in [3.63, 3.8) is 0 Å². The van der Waals surface area contributed by atoms with Crippen LogP contribution < -0.4 is 0 Å². The van der Waals surface area contributed by atoms with Crippen LogP contribution in [0, 0.1) is 0 Å². The minimum absolute atomic E-state index is 0.0995. The number of carbonyl (C=O) groups is 2. The molecule has 0 bridgehead atoms. The van der Waals surface area contributed by atoms with E-state index < -0.39 is 5.97 Å². The van der Waals surface area contributed by atoms with Gasteiger partial charge in [0, 0.05) is 24.0 Å². The number of thiophene rings is 1. The lowest BCUT2D eigenvalue weighted by Crippen LogP contribution is -2.35. The Kier molecular flexibility index (Phi) is 6.45. The molecule has 0 aromatic carbocycles. The van der Waals surface area contributed by atoms with Gasteiger partial charge in [0.2, 0.25) is 0 Å². The molecule has 1 saturated heterocycles. The molecule has 0 saturated carbocycles. The second kappa shape index (κ2) is 8.34. The topological polar surface area (TPSA) is 46.6 Å². The van der Waals surface area contributed by atoms with Gasteiger partial charge in [-0.1, -0.05) is 12.8 Å². The number of likely N-dealkylation sites (tertiary alicyclic amines) is 1. The Labute approximate surface area is 136 Å². The third-order valence-corrected chi connectivity index (χ3v) is 4.86. The Bertz CT molecular complexity index is 519. The summed E-state index contributed by atoms with van der Waals surface area (Å²) in [6.45, 7) is 1.38. The molecular weight excluding hydrogens is 354 g/mol. The van der Waals surface area contributed by atoms with E-state index in [0.717, 1.165) is 34.6 Å². The summed E-state index contributed by atoms with van der Waals surface area (Å²) < 4.78 is 6.01. The largest absolute Gasteiger partial charge is 0.452 e. The quantitative estimate of drug-likeness (QED) is 0.601. The fourth-order valence-electron chi connectivity index (χ4n) is 2.16. The van der Waals surface area contributed by atoms with Gasteiger partial charge in [0.05, 0.1) is 3.79 Å². The molecule has 1 fully saturated rings. The second-order valence-electron chi connectivity index (χ2n) is 4.88. The Balaban J connectivity index is 1.75. The average molecular weight is 372 g/mol. The summed E-state index contributed by atoms with van der Waals surface area (Å²) in [5.74, 6) is -0.583. The van der Waals surface area contributed by atoms with Gasteiger partial charge in [-0.3, -0.25) is 4.79 Å². The summed E-state index contributed by atoms with van der Waals surface area (Å²) in [5.41, 5.74) is 0. The van der Waals surface area contributed by atoms with Gasteiger partial charge in [0.1, 0.15) is 0 Å². The molecule has 1 aliphatic heterocycles. The molecule has 2 rings (SSSR count). The SMILES string of the molecule is O=C(C=Cc1ccc(Br)s1)OCC(=O)N1CCCCCC1. The molecule has 6 heteroatoms. The molecule has 1 amide bonds. The van der Waals surface area contributed by atoms with E-state index in [0.29, 0.717) is 0 Å². The van der Waals surface area contributed by atoms with E-state index >= 15 is 0 Å². The Morgan fingerprint density at radius 1 is 1.24 bits per heavy atom. The highest BCUT2D eigenvalue weighted by molar-refractivity contribution is 9.11. The molecule has 0 atom stereocenters. The maximum absolute atomic E-state index is 12.0. The molecule has 0 radical (unpaired) electrons. The van der Waals surface area contributed by atoms with Crippen LogP contribution in [-0.2, 0) is 14.3 Å². The van der Waals surface area contributed by atoms with Crippen LogP contribution in [0.15, 0.2) is 22.0 Å². The summed E-state index contributed by atoms with van der Waals surface area (Å²) in [6.07, 6.45) is 7.45. The molecule has 4 nitrogen and oxygen atoms in total. The molecule has 114 valence electrons. The van der Waals surface area contributed by atoms with E-state index in [-0.39, 0.29) is 12.5 Å². The third kappa shape index (κ3) is 5.63. The molecule has 21 heavy (non-hydrogen) atoms. The van der Waals surface area contributed by atoms with Crippen LogP contribution in [0.3, 0.4) is 0 Å². The van der Waals surface area contributed by atoms with Gasteiger partial charge >= 0.3 is 5.97 Å². The first-order chi connectivity index (χ1) is 10.1. The number of ether oxygens (including phenoxy) is 1. The lowest BCUT2D eigenvalue weighted by Gasteiger charge is -2.19. The summed E-state index contributed by atoms with van der Waals surface area (Å²) in [7, 11) is 0. The van der Waals surface area contributed by atoms with Crippen molar-refractivity contribution in [2.24, 2.45) is 0 Å². The van der Waals surface area contributed by atoms with Gasteiger partial charge in [-0.25, -0.2) is 4.79 Å². The lowest BCUT2D eigenvalue weighted by atomic mass is 10.2. The van der Waals surface area contributed by atoms with Gasteiger partial charge < -0.3 is 9.64 Å². The second-order valence-corrected chi connectivity index (χ2v) is 7.37. The van der Waals surface area contributed by atoms with Crippen molar-refractivity contribution in [2.75, 3.05) is 19.7 Å². The molecule has 2 heterocycles. The zero-order valence-electron chi connectivity index (χ0n) is 11.7. The molecule has 1 aliphatic rings. The highest BCUT2D eigenvalue weighted by Crippen LogP contribution is 2.22. The summed E-state index contributed by atoms with van der Waals surface area (Å²) >= 11 is 4.88. The first-order valence-electron chi connectivity index (χ1n) is 7.03. The zero-order chi connectivity index (χ0) is 15.1. The minimum Gasteiger partial charge on any atom is -0.452 e. The molecule has 1 aromatic heterocycles. The highest BCUT2D eigenvalue weighted by atomic mass is 79.9. The first kappa shape index (κ1) is 16.2. The van der Waals surface area contributed by atoms with Gasteiger partial charge in [-0.2, -0.15) is 0 Å². The fraction of sp³-hybridized carbons (Fsp3) is 0.467. The number of halogens is 1. The number of amides is 1. The maximum Gasteiger partial charge on any atom is 0.331 e. The van der Waals surface area contributed by atoms with E-state index in [1.165, 1.54) is 30.3 Å². The van der Waals surface area contributed by atoms with E-state index in [1.54, 1.807) is 11.0 Å². The molecule has 0 aliphatic carbocycles. The van der Waals surface area contributed by atoms with Crippen LogP contribution in [-0.4, -0.2) is 36.5 Å². The van der Waals surface area contributed by atoms with Crippen LogP contribution in [0.1, 0.15) is 30.6 Å². The highest BCUT2D eigenvalue weighted by Gasteiger charge is 2.16. The van der Waals surface area contributed by atoms with Crippen LogP contribution >= 0.6 is 27.3 Å². The fourth-order valence-corrected chi connectivity index (χ4v) is 3.49. The average Bonchev–Trinajstić information content (AvgIpc) is 2.73. The van der Waals surface area contributed by atoms with E-state index in [1.807, 2.05) is 12.1 Å². The Hall–Kier alpha value is -1.14. The van der Waals surface area contributed by atoms with Crippen LogP contribution in [0.2, 0.25) is 0 Å². The third-order valence-electron chi connectivity index (χ3n) is 3.27. The van der Waals surface area contributed by atoms with Gasteiger partial charge in [-0.05, 0) is 47.0 Å². The summed E-state index contributed by atoms with van der Waals surface area (Å²) in [5, 5.41) is 0. The van der Waals surface area contributed by atoms with Crippen molar-refractivity contribution in [2.45, 2.75) is 25.7 Å². The number of nitrogens with zero attached hydrogens (tertiary/aromatic N) is 1. The number of rotatable bonds is 4. The zero-order valence-corrected chi connectivity index (χ0v) is 14.1. The van der Waals surface area contributed by atoms with E-state index in [4.69, 9.17) is 4.74 Å². The Morgan fingerprint density at radius 2 is 1.95 bits per heavy atom. The van der Waals surface area contributed by atoms with Crippen molar-refractivity contribution in [3.05, 3.63) is 26.9 Å². The normalized spacial score (nSPS) is 16.0. The van der Waals surface area contributed by atoms with Crippen molar-refractivity contribution < 1.29 is 14.3 Å². The number of esters is 1. The Morgan fingerprint density at radius 3 is 2.57 bits per heavy atom. The van der Waals surface area contributed by atoms with Crippen LogP contribution in [0.25, 0.3) is 6.08 Å². The van der Waals surface area contributed by atoms with Crippen molar-refractivity contribution in [1.82, 2.24) is 4.90 Å². The van der Waals surface area contributed by atoms with Crippen molar-refractivity contribution in [1.29, 1.82) is 0 Å². The van der Waals surface area contributed by atoms with Crippen LogP contribution in [0.5, 0.6) is 0 Å². The van der Waals surface area contributed by atoms with Gasteiger partial charge in [-0.15, -0.1) is 11.3 Å². The molecule has 0 spiro atoms. The van der Waals surface area contributed by atoms with Gasteiger partial charge in [0.15, 0.2) is 6.61 Å². The number of hydrogen-bond acceptors (Lipinski definition) is 4. The molecular formula is C15H18BrNO3S. The van der Waals surface area contributed by atoms with Crippen LogP contribution in [0.4, 0.5) is 0 Å². The van der Waals surface area contributed by atoms with E-state index in [2.05, 4.69) is 15.9 Å². The predicted molar refractivity (Wildman–Crippen MR) is 87.1 cm³/mol. The van der Waals surface area contributed by atoms with Gasteiger partial charge in [0.25, 0.3) is 5.91 Å². The molecule has 0 N–H and O–H groups in total. The monoisotopic (exact) mass is 371 g/mol. The number of hydrogen-bond donors (Lipinski definition) is 0. The number of carbonyl (C=O) groups excluding carboxylic acids is 2. The standard InChI is InChI=1S/C15H18BrNO3S/c16-13-7-5-12(21-13)6-8-15(19)20-11-14(18)17-9-3-1-2-4-10-17/h5-8H,1-4,9-11H2. The summed E-state index contributed by atoms with van der Waals surface area (Å²) in [4.78, 5) is 26.3.